The van der Waals surface area contributed by atoms with Crippen molar-refractivity contribution in [3.63, 3.8) is 0 Å². The number of piperazine rings is 1. The second-order valence-electron chi connectivity index (χ2n) is 22.2. The molecule has 11 rings (SSSR count). The molecule has 19 heteroatoms. The van der Waals surface area contributed by atoms with Crippen LogP contribution in [0.2, 0.25) is 0 Å². The zero-order valence-electron chi connectivity index (χ0n) is 44.3. The number of anilines is 1. The number of aromatic nitrogens is 4. The lowest BCUT2D eigenvalue weighted by molar-refractivity contribution is -0.156. The summed E-state index contributed by atoms with van der Waals surface area (Å²) in [5.41, 5.74) is 11.0. The van der Waals surface area contributed by atoms with Gasteiger partial charge in [-0.05, 0) is 88.5 Å². The molecule has 75 heavy (non-hydrogen) atoms. The Balaban J connectivity index is 1.03. The summed E-state index contributed by atoms with van der Waals surface area (Å²) in [6, 6.07) is 7.59. The lowest BCUT2D eigenvalue weighted by Gasteiger charge is -2.37. The fourth-order valence-corrected chi connectivity index (χ4v) is 12.9. The first kappa shape index (κ1) is 51.8. The minimum Gasteiger partial charge on any atom is -0.464 e. The summed E-state index contributed by atoms with van der Waals surface area (Å²) in [4.78, 5) is 63.5. The van der Waals surface area contributed by atoms with Crippen molar-refractivity contribution < 1.29 is 42.5 Å². The van der Waals surface area contributed by atoms with Gasteiger partial charge in [-0.25, -0.2) is 15.4 Å². The Labute approximate surface area is 443 Å². The lowest BCUT2D eigenvalue weighted by atomic mass is 9.84. The average Bonchev–Trinajstić information content (AvgIpc) is 4.19. The van der Waals surface area contributed by atoms with Gasteiger partial charge in [0.15, 0.2) is 6.39 Å². The van der Waals surface area contributed by atoms with Crippen molar-refractivity contribution in [3.05, 3.63) is 70.5 Å². The number of amides is 2. The van der Waals surface area contributed by atoms with E-state index in [1.807, 2.05) is 25.4 Å². The molecule has 1 aromatic carbocycles. The zero-order chi connectivity index (χ0) is 52.0. The molecule has 0 radical (unpaired) electrons. The van der Waals surface area contributed by atoms with Gasteiger partial charge >= 0.3 is 5.97 Å². The SMILES string of the molecule is CCO[C@@H]1c2nc(cs2)-c2ccc3c(c2)c(c(-c2cc(N4CCN(C5CC5)CC4)cnc2[C@H](C)OC)n3CCOC2CCOCC2)CC(C)(C)COC(=O)[C@@H]2CCCN(N2)C(=O)[C@H]1NC(=O)[C@@H]1[C@@H](C)[C@H]1c1cocn1. The number of thiazole rings is 1. The van der Waals surface area contributed by atoms with Crippen LogP contribution in [0.5, 0.6) is 0 Å². The van der Waals surface area contributed by atoms with E-state index in [1.54, 1.807) is 13.4 Å². The molecule has 2 amide bonds. The fraction of sp³-hybridized carbons (Fsp3) is 0.607. The van der Waals surface area contributed by atoms with Crippen LogP contribution >= 0.6 is 11.3 Å². The normalized spacial score (nSPS) is 26.3. The molecule has 2 aliphatic carbocycles. The van der Waals surface area contributed by atoms with E-state index in [4.69, 9.17) is 38.1 Å². The van der Waals surface area contributed by atoms with Gasteiger partial charge in [-0.3, -0.25) is 29.3 Å². The minimum atomic E-state index is -1.17. The fourth-order valence-electron chi connectivity index (χ4n) is 11.9. The Morgan fingerprint density at radius 2 is 1.84 bits per heavy atom. The predicted molar refractivity (Wildman–Crippen MR) is 283 cm³/mol. The maximum atomic E-state index is 15.0. The van der Waals surface area contributed by atoms with Gasteiger partial charge in [0.2, 0.25) is 5.91 Å². The number of ether oxygens (including phenoxy) is 5. The van der Waals surface area contributed by atoms with E-state index in [9.17, 15) is 14.4 Å². The van der Waals surface area contributed by atoms with Crippen molar-refractivity contribution in [1.29, 1.82) is 0 Å². The summed E-state index contributed by atoms with van der Waals surface area (Å²) in [5.74, 6) is -1.75. The average molecular weight is 1050 g/mol. The van der Waals surface area contributed by atoms with E-state index in [1.165, 1.54) is 35.6 Å². The largest absolute Gasteiger partial charge is 0.464 e. The number of carbonyl (C=O) groups excluding carboxylic acids is 3. The number of benzene rings is 1. The molecular weight excluding hydrogens is 975 g/mol. The van der Waals surface area contributed by atoms with Gasteiger partial charge in [0.05, 0.1) is 60.1 Å². The smallest absolute Gasteiger partial charge is 0.324 e. The molecule has 0 unspecified atom stereocenters. The molecule has 3 saturated heterocycles. The van der Waals surface area contributed by atoms with Crippen LogP contribution in [0.15, 0.2) is 52.9 Å². The van der Waals surface area contributed by atoms with Crippen LogP contribution in [0.4, 0.5) is 5.69 Å². The Kier molecular flexibility index (Phi) is 15.2. The number of nitrogens with zero attached hydrogens (tertiary/aromatic N) is 7. The molecule has 6 aliphatic rings. The first-order valence-electron chi connectivity index (χ1n) is 27.3. The monoisotopic (exact) mass is 1050 g/mol. The third-order valence-electron chi connectivity index (χ3n) is 16.4. The van der Waals surface area contributed by atoms with Crippen LogP contribution in [0.3, 0.4) is 0 Å². The predicted octanol–water partition coefficient (Wildman–Crippen LogP) is 7.24. The zero-order valence-corrected chi connectivity index (χ0v) is 45.1. The molecule has 6 bridgehead atoms. The van der Waals surface area contributed by atoms with Gasteiger partial charge < -0.3 is 42.9 Å². The van der Waals surface area contributed by atoms with E-state index >= 15 is 0 Å². The summed E-state index contributed by atoms with van der Waals surface area (Å²) >= 11 is 1.39. The molecule has 5 fully saturated rings. The summed E-state index contributed by atoms with van der Waals surface area (Å²) in [7, 11) is 1.73. The lowest BCUT2D eigenvalue weighted by Crippen LogP contribution is -2.61. The van der Waals surface area contributed by atoms with Gasteiger partial charge in [-0.15, -0.1) is 11.3 Å². The second-order valence-corrected chi connectivity index (χ2v) is 23.1. The number of pyridine rings is 1. The number of hydrogen-bond acceptors (Lipinski definition) is 16. The van der Waals surface area contributed by atoms with E-state index in [-0.39, 0.29) is 43.2 Å². The number of rotatable bonds is 14. The highest BCUT2D eigenvalue weighted by molar-refractivity contribution is 7.10. The van der Waals surface area contributed by atoms with E-state index < -0.39 is 41.4 Å². The van der Waals surface area contributed by atoms with Crippen molar-refractivity contribution in [3.8, 4) is 22.5 Å². The number of fused-ring (bicyclic) bond motifs is 6. The van der Waals surface area contributed by atoms with Crippen LogP contribution in [0.25, 0.3) is 33.4 Å². The van der Waals surface area contributed by atoms with Crippen molar-refractivity contribution in [2.75, 3.05) is 77.8 Å². The van der Waals surface area contributed by atoms with Crippen molar-refractivity contribution in [2.45, 2.75) is 128 Å². The summed E-state index contributed by atoms with van der Waals surface area (Å²) < 4.78 is 38.9. The number of carbonyl (C=O) groups is 3. The Morgan fingerprint density at radius 1 is 1.03 bits per heavy atom. The maximum Gasteiger partial charge on any atom is 0.324 e. The molecular formula is C56H73N9O9S. The molecule has 8 heterocycles. The number of methoxy groups -OCH3 is 1. The van der Waals surface area contributed by atoms with E-state index in [0.29, 0.717) is 62.9 Å². The van der Waals surface area contributed by atoms with Crippen LogP contribution in [-0.4, -0.2) is 144 Å². The molecule has 2 saturated carbocycles. The van der Waals surface area contributed by atoms with E-state index in [0.717, 1.165) is 95.4 Å². The third kappa shape index (κ3) is 10.9. The molecule has 0 spiro atoms. The number of hydrazine groups is 1. The summed E-state index contributed by atoms with van der Waals surface area (Å²) in [6.45, 7) is 17.2. The first-order valence-corrected chi connectivity index (χ1v) is 28.1. The molecule has 2 N–H and O–H groups in total. The van der Waals surface area contributed by atoms with Crippen LogP contribution in [0, 0.1) is 17.3 Å². The van der Waals surface area contributed by atoms with Gasteiger partial charge in [0.25, 0.3) is 5.91 Å². The quantitative estimate of drug-likeness (QED) is 0.106. The third-order valence-corrected chi connectivity index (χ3v) is 17.3. The maximum absolute atomic E-state index is 15.0. The van der Waals surface area contributed by atoms with Crippen LogP contribution in [-0.2, 0) is 51.0 Å². The number of nitrogens with one attached hydrogen (secondary N) is 2. The topological polar surface area (TPSA) is 188 Å². The van der Waals surface area contributed by atoms with Gasteiger partial charge in [0, 0.05) is 117 Å². The Hall–Kier alpha value is -5.28. The molecule has 5 aromatic rings. The van der Waals surface area contributed by atoms with Crippen molar-refractivity contribution in [2.24, 2.45) is 17.3 Å². The second kappa shape index (κ2) is 22.0. The molecule has 18 nitrogen and oxygen atoms in total. The number of cyclic esters (lactones) is 1. The number of oxazole rings is 1. The van der Waals surface area contributed by atoms with Crippen LogP contribution in [0.1, 0.15) is 113 Å². The standard InChI is InChI=1S/C56H73N9O9S/c1-7-72-51-49(60-52(66)47-33(2)46(47)43-29-71-32-58-43)54(67)65-16-8-9-42(61-65)55(68)74-31-56(4,5)27-41-39-25-35(44-30-75-53(51)59-44)10-13-45(39)64(21-24-73-38-14-22-70-23-15-38)50(41)40-26-37(28-57-48(40)34(3)69-6)63-19-17-62(18-20-63)36-11-12-36/h10,13,25-26,28-30,32-34,36,38,42,46-47,49,51,61H,7-9,11-12,14-24,27,31H2,1-6H3,(H,60,66)/t33-,34-,42-,46-,47+,49-,51-/m0/s1. The molecule has 4 aromatic heterocycles. The molecule has 7 atom stereocenters. The molecule has 4 aliphatic heterocycles. The van der Waals surface area contributed by atoms with Crippen molar-refractivity contribution in [1.82, 2.24) is 40.2 Å². The summed E-state index contributed by atoms with van der Waals surface area (Å²) in [6.07, 6.45) is 9.66. The number of esters is 1. The van der Waals surface area contributed by atoms with Crippen molar-refractivity contribution >= 4 is 45.7 Å². The first-order chi connectivity index (χ1) is 36.4. The van der Waals surface area contributed by atoms with Crippen LogP contribution < -0.4 is 15.6 Å². The highest BCUT2D eigenvalue weighted by Crippen LogP contribution is 2.53. The summed E-state index contributed by atoms with van der Waals surface area (Å²) in [5, 5.41) is 8.16. The molecule has 402 valence electrons. The van der Waals surface area contributed by atoms with E-state index in [2.05, 4.69) is 75.1 Å². The minimum absolute atomic E-state index is 0.0180. The van der Waals surface area contributed by atoms with Gasteiger partial charge in [0.1, 0.15) is 29.5 Å². The Bertz CT molecular complexity index is 2830. The van der Waals surface area contributed by atoms with Gasteiger partial charge in [-0.1, -0.05) is 26.8 Å². The highest BCUT2D eigenvalue weighted by Gasteiger charge is 2.55. The number of hydrogen-bond donors (Lipinski definition) is 2. The highest BCUT2D eigenvalue weighted by atomic mass is 32.1. The van der Waals surface area contributed by atoms with Gasteiger partial charge in [-0.2, -0.15) is 0 Å². The Morgan fingerprint density at radius 3 is 2.59 bits per heavy atom.